The third-order valence-corrected chi connectivity index (χ3v) is 14.3. The van der Waals surface area contributed by atoms with E-state index in [1.807, 2.05) is 26.0 Å². The number of piperidine rings is 1. The molecule has 14 atom stereocenters. The van der Waals surface area contributed by atoms with Gasteiger partial charge < -0.3 is 49.1 Å². The first-order valence-electron chi connectivity index (χ1n) is 23.4. The highest BCUT2D eigenvalue weighted by atomic mass is 16.7. The Morgan fingerprint density at radius 1 is 0.938 bits per heavy atom. The lowest BCUT2D eigenvalue weighted by Crippen LogP contribution is -2.64. The number of Topliss-reactive ketones (excluding diaryl/α,β-unsaturated/α-hetero) is 2. The van der Waals surface area contributed by atoms with Crippen molar-refractivity contribution in [3.05, 3.63) is 58.6 Å². The van der Waals surface area contributed by atoms with Crippen LogP contribution < -0.4 is 4.73 Å². The zero-order valence-electron chi connectivity index (χ0n) is 39.2. The molecule has 3 N–H and O–H groups in total. The molecule has 64 heavy (non-hydrogen) atoms. The first-order chi connectivity index (χ1) is 30.4. The van der Waals surface area contributed by atoms with E-state index in [4.69, 9.17) is 23.7 Å². The van der Waals surface area contributed by atoms with Gasteiger partial charge in [-0.25, -0.2) is 4.79 Å². The number of aryl methyl sites for hydroxylation is 1. The van der Waals surface area contributed by atoms with Crippen LogP contribution in [0.3, 0.4) is 0 Å². The second-order valence-electron chi connectivity index (χ2n) is 19.2. The van der Waals surface area contributed by atoms with Gasteiger partial charge in [-0.2, -0.15) is 4.73 Å². The Morgan fingerprint density at radius 2 is 1.64 bits per heavy atom. The molecule has 2 bridgehead atoms. The van der Waals surface area contributed by atoms with Crippen LogP contribution in [-0.4, -0.2) is 126 Å². The molecule has 3 fully saturated rings. The quantitative estimate of drug-likeness (QED) is 0.101. The number of amides is 1. The van der Waals surface area contributed by atoms with Gasteiger partial charge >= 0.3 is 5.97 Å². The molecular weight excluding hydrogens is 825 g/mol. The standard InChI is InChI=1S/C49H74N2O13/c1-29-22-30(2)24-42(61-7)45-43(62-8)26-32(4)49(58,64-45)46(55)47(56)50-20-11-10-17-37(50)48(57)63-44(31(3)25-34-18-19-38(52)41(27-34)60-6)33(5)39(53)28-40(54)35(23-29)14-13-16-36-15-9-12-21-51(36)59/h9,12,15,21,23,25,30,32-35,37-39,41-45,52-53,58H,10-11,13-14,16-20,22,24,26-28H2,1-8H3/b29-23?,31-25+/t30-,32+,33+,34-,35+,37-,38+,39-,41+,42-,43-,44+,45+,49+/m0/s1. The average Bonchev–Trinajstić information content (AvgIpc) is 3.27. The lowest BCUT2D eigenvalue weighted by atomic mass is 9.81. The number of hydrogen-bond acceptors (Lipinski definition) is 13. The number of rotatable bonds is 9. The summed E-state index contributed by atoms with van der Waals surface area (Å²) >= 11 is 0. The second kappa shape index (κ2) is 23.2. The SMILES string of the molecule is CO[C@H]1C[C@@H](C)CC(C)=C[C@@H](CCCc2cccc[n+]2[O-])C(=O)C[C@H](O)[C@@H](C)[C@@H](/C(C)=C/[C@@H]2CC[C@@H](O)[C@H](OC)C2)OC(=O)[C@@H]2CCCCN2C(=O)C(=O)[C@]2(O)O[C@H]1[C@@H](OC)C[C@H]2C. The maximum atomic E-state index is 14.5. The van der Waals surface area contributed by atoms with Crippen molar-refractivity contribution < 1.29 is 62.9 Å². The number of aromatic nitrogens is 1. The zero-order valence-corrected chi connectivity index (χ0v) is 39.2. The fourth-order valence-corrected chi connectivity index (χ4v) is 10.5. The van der Waals surface area contributed by atoms with Crippen molar-refractivity contribution in [2.45, 2.75) is 173 Å². The number of carbonyl (C=O) groups is 4. The summed E-state index contributed by atoms with van der Waals surface area (Å²) in [4.78, 5) is 58.7. The minimum Gasteiger partial charge on any atom is -0.619 e. The van der Waals surface area contributed by atoms with Crippen LogP contribution in [0.5, 0.6) is 0 Å². The number of aliphatic hydroxyl groups is 3. The van der Waals surface area contributed by atoms with Crippen molar-refractivity contribution in [1.82, 2.24) is 4.90 Å². The van der Waals surface area contributed by atoms with Gasteiger partial charge in [0.05, 0.1) is 30.5 Å². The molecule has 4 aliphatic rings. The van der Waals surface area contributed by atoms with Gasteiger partial charge in [-0.1, -0.05) is 44.6 Å². The highest BCUT2D eigenvalue weighted by Gasteiger charge is 2.56. The number of ketones is 2. The predicted molar refractivity (Wildman–Crippen MR) is 236 cm³/mol. The number of carbonyl (C=O) groups excluding carboxylic acids is 4. The largest absolute Gasteiger partial charge is 0.619 e. The predicted octanol–water partition coefficient (Wildman–Crippen LogP) is 4.72. The Hall–Kier alpha value is -3.57. The fourth-order valence-electron chi connectivity index (χ4n) is 10.5. The summed E-state index contributed by atoms with van der Waals surface area (Å²) in [5, 5.41) is 47.0. The molecule has 1 aromatic heterocycles. The molecule has 0 spiro atoms. The number of pyridine rings is 1. The van der Waals surface area contributed by atoms with E-state index in [0.29, 0.717) is 75.5 Å². The number of aliphatic hydroxyl groups excluding tert-OH is 2. The van der Waals surface area contributed by atoms with Crippen LogP contribution in [0, 0.1) is 34.8 Å². The minimum atomic E-state index is -2.54. The number of esters is 1. The summed E-state index contributed by atoms with van der Waals surface area (Å²) in [5.74, 6) is -8.05. The van der Waals surface area contributed by atoms with E-state index in [-0.39, 0.29) is 49.5 Å². The van der Waals surface area contributed by atoms with Crippen LogP contribution in [0.4, 0.5) is 0 Å². The molecule has 0 radical (unpaired) electrons. The molecular formula is C49H74N2O13. The van der Waals surface area contributed by atoms with Gasteiger partial charge in [-0.15, -0.1) is 0 Å². The van der Waals surface area contributed by atoms with Crippen molar-refractivity contribution in [1.29, 1.82) is 0 Å². The highest BCUT2D eigenvalue weighted by Crippen LogP contribution is 2.39. The van der Waals surface area contributed by atoms with Gasteiger partial charge in [0, 0.05) is 70.6 Å². The monoisotopic (exact) mass is 899 g/mol. The van der Waals surface area contributed by atoms with Gasteiger partial charge in [-0.3, -0.25) is 14.4 Å². The molecule has 15 heteroatoms. The van der Waals surface area contributed by atoms with Crippen LogP contribution in [0.1, 0.15) is 117 Å². The lowest BCUT2D eigenvalue weighted by molar-refractivity contribution is -0.614. The summed E-state index contributed by atoms with van der Waals surface area (Å²) in [7, 11) is 4.60. The molecule has 15 nitrogen and oxygen atoms in total. The molecule has 1 amide bonds. The van der Waals surface area contributed by atoms with Gasteiger partial charge in [0.2, 0.25) is 5.79 Å². The number of allylic oxidation sites excluding steroid dienone is 3. The molecule has 1 aliphatic carbocycles. The van der Waals surface area contributed by atoms with Crippen molar-refractivity contribution in [2.24, 2.45) is 29.6 Å². The highest BCUT2D eigenvalue weighted by molar-refractivity contribution is 6.39. The van der Waals surface area contributed by atoms with Crippen molar-refractivity contribution >= 4 is 23.4 Å². The van der Waals surface area contributed by atoms with E-state index in [0.717, 1.165) is 10.3 Å². The molecule has 2 saturated heterocycles. The molecule has 0 aromatic carbocycles. The van der Waals surface area contributed by atoms with Crippen LogP contribution in [-0.2, 0) is 49.3 Å². The fraction of sp³-hybridized carbons (Fsp3) is 0.735. The van der Waals surface area contributed by atoms with Gasteiger partial charge in [-0.05, 0) is 102 Å². The summed E-state index contributed by atoms with van der Waals surface area (Å²) in [5.41, 5.74) is 2.15. The molecule has 3 aliphatic heterocycles. The third kappa shape index (κ3) is 12.4. The lowest BCUT2D eigenvalue weighted by Gasteiger charge is -2.47. The maximum Gasteiger partial charge on any atom is 0.329 e. The summed E-state index contributed by atoms with van der Waals surface area (Å²) in [6.45, 7) is 9.21. The molecule has 5 rings (SSSR count). The normalized spacial score (nSPS) is 37.0. The minimum absolute atomic E-state index is 0.0364. The molecule has 358 valence electrons. The average molecular weight is 899 g/mol. The zero-order chi connectivity index (χ0) is 46.9. The Morgan fingerprint density at radius 3 is 2.33 bits per heavy atom. The van der Waals surface area contributed by atoms with E-state index in [1.54, 1.807) is 46.1 Å². The molecule has 0 unspecified atom stereocenters. The summed E-state index contributed by atoms with van der Waals surface area (Å²) < 4.78 is 30.8. The van der Waals surface area contributed by atoms with Gasteiger partial charge in [0.25, 0.3) is 11.7 Å². The number of nitrogens with zero attached hydrogens (tertiary/aromatic N) is 2. The van der Waals surface area contributed by atoms with Crippen molar-refractivity contribution in [2.75, 3.05) is 27.9 Å². The van der Waals surface area contributed by atoms with Crippen LogP contribution in [0.2, 0.25) is 0 Å². The first-order valence-corrected chi connectivity index (χ1v) is 23.4. The maximum absolute atomic E-state index is 14.5. The van der Waals surface area contributed by atoms with Crippen LogP contribution >= 0.6 is 0 Å². The van der Waals surface area contributed by atoms with Crippen molar-refractivity contribution in [3.63, 3.8) is 0 Å². The molecule has 4 heterocycles. The number of ether oxygens (including phenoxy) is 5. The van der Waals surface area contributed by atoms with Gasteiger partial charge in [0.15, 0.2) is 11.9 Å². The third-order valence-electron chi connectivity index (χ3n) is 14.3. The molecule has 1 aromatic rings. The van der Waals surface area contributed by atoms with E-state index in [9.17, 15) is 39.7 Å². The molecule has 1 saturated carbocycles. The van der Waals surface area contributed by atoms with E-state index in [1.165, 1.54) is 25.3 Å². The van der Waals surface area contributed by atoms with Crippen LogP contribution in [0.15, 0.2) is 47.7 Å². The Labute approximate surface area is 379 Å². The number of fused-ring (bicyclic) bond motifs is 3. The summed E-state index contributed by atoms with van der Waals surface area (Å²) in [6, 6.07) is 4.06. The number of hydrogen-bond donors (Lipinski definition) is 3. The Balaban J connectivity index is 1.54. The topological polar surface area (TPSA) is 205 Å². The number of methoxy groups -OCH3 is 3. The Kier molecular flexibility index (Phi) is 18.7. The van der Waals surface area contributed by atoms with Crippen molar-refractivity contribution in [3.8, 4) is 0 Å². The van der Waals surface area contributed by atoms with Gasteiger partial charge in [0.1, 0.15) is 24.0 Å². The van der Waals surface area contributed by atoms with E-state index in [2.05, 4.69) is 0 Å². The first kappa shape index (κ1) is 51.4. The van der Waals surface area contributed by atoms with Crippen LogP contribution in [0.25, 0.3) is 0 Å². The number of cyclic esters (lactones) is 1. The second-order valence-corrected chi connectivity index (χ2v) is 19.2. The van der Waals surface area contributed by atoms with E-state index >= 15 is 0 Å². The Bertz CT molecular complexity index is 1820. The smallest absolute Gasteiger partial charge is 0.329 e. The summed E-state index contributed by atoms with van der Waals surface area (Å²) in [6.07, 6.45) is 5.27. The van der Waals surface area contributed by atoms with E-state index < -0.39 is 83.9 Å².